The molecule has 4 heteroatoms. The molecule has 0 saturated carbocycles. The van der Waals surface area contributed by atoms with E-state index in [1.54, 1.807) is 0 Å². The second-order valence-corrected chi connectivity index (χ2v) is 5.37. The number of esters is 1. The van der Waals surface area contributed by atoms with Crippen molar-refractivity contribution in [2.24, 2.45) is 0 Å². The molecule has 0 amide bonds. The molecule has 0 aliphatic rings. The summed E-state index contributed by atoms with van der Waals surface area (Å²) in [6.07, 6.45) is 9.51. The lowest BCUT2D eigenvalue weighted by atomic mass is 10.1. The van der Waals surface area contributed by atoms with Gasteiger partial charge in [0, 0.05) is 6.42 Å². The molecule has 122 valence electrons. The first-order valence-electron chi connectivity index (χ1n) is 8.05. The van der Waals surface area contributed by atoms with E-state index in [-0.39, 0.29) is 5.97 Å². The number of rotatable bonds is 10. The molecular formula is C18H27NO3. The van der Waals surface area contributed by atoms with E-state index in [0.717, 1.165) is 49.9 Å². The molecule has 0 radical (unpaired) electrons. The zero-order valence-corrected chi connectivity index (χ0v) is 13.6. The van der Waals surface area contributed by atoms with Crippen molar-refractivity contribution in [1.29, 1.82) is 0 Å². The van der Waals surface area contributed by atoms with Gasteiger partial charge < -0.3 is 9.84 Å². The molecule has 0 bridgehead atoms. The summed E-state index contributed by atoms with van der Waals surface area (Å²) >= 11 is 0. The highest BCUT2D eigenvalue weighted by Gasteiger charge is 2.08. The van der Waals surface area contributed by atoms with Gasteiger partial charge in [0.2, 0.25) is 0 Å². The topological polar surface area (TPSA) is 59.4 Å². The molecule has 0 aliphatic carbocycles. The Morgan fingerprint density at radius 1 is 1.36 bits per heavy atom. The first-order chi connectivity index (χ1) is 10.7. The van der Waals surface area contributed by atoms with Crippen LogP contribution in [0.3, 0.4) is 0 Å². The molecule has 1 N–H and O–H groups in total. The first kappa shape index (κ1) is 18.4. The van der Waals surface area contributed by atoms with Crippen molar-refractivity contribution in [3.63, 3.8) is 0 Å². The number of aliphatic hydroxyl groups is 1. The summed E-state index contributed by atoms with van der Waals surface area (Å²) in [5.74, 6) is -0.177. The van der Waals surface area contributed by atoms with Gasteiger partial charge in [-0.15, -0.1) is 0 Å². The summed E-state index contributed by atoms with van der Waals surface area (Å²) in [4.78, 5) is 15.5. The lowest BCUT2D eigenvalue weighted by Gasteiger charge is -2.10. The van der Waals surface area contributed by atoms with Crippen molar-refractivity contribution in [2.75, 3.05) is 7.11 Å². The molecule has 1 heterocycles. The molecular weight excluding hydrogens is 278 g/mol. The van der Waals surface area contributed by atoms with Crippen molar-refractivity contribution in [3.05, 3.63) is 35.7 Å². The third kappa shape index (κ3) is 7.36. The number of pyridine rings is 1. The van der Waals surface area contributed by atoms with Gasteiger partial charge in [0.15, 0.2) is 0 Å². The van der Waals surface area contributed by atoms with Crippen molar-refractivity contribution in [1.82, 2.24) is 4.98 Å². The smallest absolute Gasteiger partial charge is 0.305 e. The number of hydrogen-bond acceptors (Lipinski definition) is 4. The van der Waals surface area contributed by atoms with E-state index in [1.807, 2.05) is 30.4 Å². The van der Waals surface area contributed by atoms with Crippen LogP contribution in [-0.2, 0) is 9.53 Å². The van der Waals surface area contributed by atoms with Crippen LogP contribution in [0.15, 0.2) is 24.3 Å². The third-order valence-corrected chi connectivity index (χ3v) is 3.48. The summed E-state index contributed by atoms with van der Waals surface area (Å²) < 4.78 is 4.59. The van der Waals surface area contributed by atoms with Crippen LogP contribution in [0.2, 0.25) is 0 Å². The second kappa shape index (κ2) is 11.0. The number of methoxy groups -OCH3 is 1. The van der Waals surface area contributed by atoms with Crippen molar-refractivity contribution >= 4 is 12.0 Å². The van der Waals surface area contributed by atoms with E-state index in [1.165, 1.54) is 7.11 Å². The summed E-state index contributed by atoms with van der Waals surface area (Å²) in [7, 11) is 1.40. The van der Waals surface area contributed by atoms with Gasteiger partial charge in [-0.25, -0.2) is 0 Å². The lowest BCUT2D eigenvalue weighted by Crippen LogP contribution is -2.01. The first-order valence-corrected chi connectivity index (χ1v) is 8.05. The monoisotopic (exact) mass is 305 g/mol. The van der Waals surface area contributed by atoms with Gasteiger partial charge >= 0.3 is 5.97 Å². The SMILES string of the molecule is CCCCCC(O)c1cccc(C=CCCCC(=O)OC)n1. The Labute approximate surface area is 133 Å². The van der Waals surface area contributed by atoms with E-state index in [4.69, 9.17) is 0 Å². The molecule has 4 nitrogen and oxygen atoms in total. The molecule has 1 unspecified atom stereocenters. The van der Waals surface area contributed by atoms with Crippen LogP contribution in [0.5, 0.6) is 0 Å². The van der Waals surface area contributed by atoms with Crippen LogP contribution in [0.4, 0.5) is 0 Å². The van der Waals surface area contributed by atoms with E-state index < -0.39 is 6.10 Å². The van der Waals surface area contributed by atoms with Gasteiger partial charge in [-0.2, -0.15) is 0 Å². The Morgan fingerprint density at radius 2 is 2.18 bits per heavy atom. The average molecular weight is 305 g/mol. The number of hydrogen-bond donors (Lipinski definition) is 1. The van der Waals surface area contributed by atoms with Crippen LogP contribution in [0.1, 0.15) is 69.4 Å². The predicted molar refractivity (Wildman–Crippen MR) is 88.2 cm³/mol. The molecule has 1 rings (SSSR count). The maximum Gasteiger partial charge on any atom is 0.305 e. The van der Waals surface area contributed by atoms with Gasteiger partial charge in [0.05, 0.1) is 24.6 Å². The van der Waals surface area contributed by atoms with Crippen LogP contribution >= 0.6 is 0 Å². The third-order valence-electron chi connectivity index (χ3n) is 3.48. The van der Waals surface area contributed by atoms with Crippen LogP contribution in [0, 0.1) is 0 Å². The number of nitrogens with zero attached hydrogens (tertiary/aromatic N) is 1. The number of allylic oxidation sites excluding steroid dienone is 1. The van der Waals surface area contributed by atoms with Gasteiger partial charge in [-0.3, -0.25) is 9.78 Å². The molecule has 22 heavy (non-hydrogen) atoms. The fourth-order valence-corrected chi connectivity index (χ4v) is 2.15. The largest absolute Gasteiger partial charge is 0.469 e. The number of carbonyl (C=O) groups excluding carboxylic acids is 1. The minimum Gasteiger partial charge on any atom is -0.469 e. The molecule has 0 fully saturated rings. The fraction of sp³-hybridized carbons (Fsp3) is 0.556. The number of aliphatic hydroxyl groups excluding tert-OH is 1. The minimum atomic E-state index is -0.487. The highest BCUT2D eigenvalue weighted by molar-refractivity contribution is 5.69. The highest BCUT2D eigenvalue weighted by atomic mass is 16.5. The minimum absolute atomic E-state index is 0.177. The second-order valence-electron chi connectivity index (χ2n) is 5.37. The highest BCUT2D eigenvalue weighted by Crippen LogP contribution is 2.18. The summed E-state index contributed by atoms with van der Waals surface area (Å²) in [6, 6.07) is 5.70. The Hall–Kier alpha value is -1.68. The zero-order valence-electron chi connectivity index (χ0n) is 13.6. The maximum absolute atomic E-state index is 11.0. The maximum atomic E-state index is 11.0. The van der Waals surface area contributed by atoms with Gasteiger partial charge in [0.25, 0.3) is 0 Å². The van der Waals surface area contributed by atoms with Crippen molar-refractivity contribution < 1.29 is 14.6 Å². The average Bonchev–Trinajstić information content (AvgIpc) is 2.54. The summed E-state index contributed by atoms with van der Waals surface area (Å²) in [5.41, 5.74) is 1.57. The summed E-state index contributed by atoms with van der Waals surface area (Å²) in [5, 5.41) is 10.1. The number of ether oxygens (including phenoxy) is 1. The lowest BCUT2D eigenvalue weighted by molar-refractivity contribution is -0.140. The standard InChI is InChI=1S/C18H27NO3/c1-3-4-6-13-17(20)16-12-9-11-15(19-16)10-7-5-8-14-18(21)22-2/h7,9-12,17,20H,3-6,8,13-14H2,1-2H3. The summed E-state index contributed by atoms with van der Waals surface area (Å²) in [6.45, 7) is 2.15. The molecule has 1 atom stereocenters. The fourth-order valence-electron chi connectivity index (χ4n) is 2.15. The van der Waals surface area contributed by atoms with Crippen molar-refractivity contribution in [3.8, 4) is 0 Å². The van der Waals surface area contributed by atoms with Crippen molar-refractivity contribution in [2.45, 2.75) is 58.0 Å². The van der Waals surface area contributed by atoms with Gasteiger partial charge in [0.1, 0.15) is 0 Å². The molecule has 0 saturated heterocycles. The molecule has 1 aromatic rings. The Bertz CT molecular complexity index is 471. The number of aromatic nitrogens is 1. The van der Waals surface area contributed by atoms with Crippen LogP contribution < -0.4 is 0 Å². The number of carbonyl (C=O) groups is 1. The van der Waals surface area contributed by atoms with E-state index >= 15 is 0 Å². The van der Waals surface area contributed by atoms with Crippen LogP contribution in [0.25, 0.3) is 6.08 Å². The van der Waals surface area contributed by atoms with E-state index in [0.29, 0.717) is 6.42 Å². The predicted octanol–water partition coefficient (Wildman–Crippen LogP) is 4.05. The Balaban J connectivity index is 2.44. The normalized spacial score (nSPS) is 12.5. The Kier molecular flexibility index (Phi) is 9.15. The van der Waals surface area contributed by atoms with Gasteiger partial charge in [-0.05, 0) is 37.5 Å². The molecule has 0 aliphatic heterocycles. The van der Waals surface area contributed by atoms with E-state index in [9.17, 15) is 9.90 Å². The number of unbranched alkanes of at least 4 members (excludes halogenated alkanes) is 3. The van der Waals surface area contributed by atoms with E-state index in [2.05, 4.69) is 16.6 Å². The quantitative estimate of drug-likeness (QED) is 0.523. The van der Waals surface area contributed by atoms with Gasteiger partial charge in [-0.1, -0.05) is 38.3 Å². The Morgan fingerprint density at radius 3 is 2.91 bits per heavy atom. The molecule has 0 spiro atoms. The zero-order chi connectivity index (χ0) is 16.2. The molecule has 0 aromatic carbocycles. The molecule has 1 aromatic heterocycles. The van der Waals surface area contributed by atoms with Crippen LogP contribution in [-0.4, -0.2) is 23.2 Å².